The minimum absolute atomic E-state index is 0.0141. The number of nitrogens with zero attached hydrogens (tertiary/aromatic N) is 7. The number of unbranched alkanes of at least 4 members (excludes halogenated alkanes) is 1. The molecule has 0 aliphatic carbocycles. The maximum atomic E-state index is 14.0. The zero-order valence-corrected chi connectivity index (χ0v) is 50.6. The van der Waals surface area contributed by atoms with Gasteiger partial charge in [-0.2, -0.15) is 11.8 Å². The summed E-state index contributed by atoms with van der Waals surface area (Å²) in [4.78, 5) is 106. The Kier molecular flexibility index (Phi) is 20.8. The Morgan fingerprint density at radius 3 is 2.35 bits per heavy atom. The molecule has 0 radical (unpaired) electrons. The van der Waals surface area contributed by atoms with Gasteiger partial charge in [-0.1, -0.05) is 26.0 Å². The van der Waals surface area contributed by atoms with Crippen LogP contribution in [0.4, 0.5) is 0 Å². The fourth-order valence-corrected chi connectivity index (χ4v) is 11.1. The van der Waals surface area contributed by atoms with Crippen LogP contribution in [0.2, 0.25) is 0 Å². The largest absolute Gasteiger partial charge is 0.458 e. The molecule has 4 atom stereocenters. The van der Waals surface area contributed by atoms with Gasteiger partial charge >= 0.3 is 5.97 Å². The number of amides is 5. The topological polar surface area (TPSA) is 380 Å². The first kappa shape index (κ1) is 64.4. The van der Waals surface area contributed by atoms with E-state index in [1.165, 1.54) is 17.0 Å². The van der Waals surface area contributed by atoms with Crippen molar-refractivity contribution in [3.8, 4) is 34.1 Å². The van der Waals surface area contributed by atoms with Crippen molar-refractivity contribution >= 4 is 68.0 Å². The smallest absolute Gasteiger partial charge is 0.343 e. The number of ether oxygens (including phenoxy) is 5. The van der Waals surface area contributed by atoms with Crippen LogP contribution >= 0.6 is 11.8 Å². The molecular formula is C56H73N13O15S2. The number of nitrogens with one attached hydrogen (secondary N) is 5. The molecule has 7 heterocycles. The van der Waals surface area contributed by atoms with Crippen LogP contribution in [0.5, 0.6) is 11.5 Å². The lowest BCUT2D eigenvalue weighted by Gasteiger charge is -2.31. The molecule has 5 amide bonds. The number of thioether (sulfide) groups is 1. The second-order valence-electron chi connectivity index (χ2n) is 22.1. The second kappa shape index (κ2) is 27.8. The van der Waals surface area contributed by atoms with E-state index in [-0.39, 0.29) is 60.9 Å². The third-order valence-corrected chi connectivity index (χ3v) is 17.1. The molecule has 3 aliphatic heterocycles. The Morgan fingerprint density at radius 1 is 0.919 bits per heavy atom. The zero-order valence-electron chi connectivity index (χ0n) is 49.0. The first-order chi connectivity index (χ1) is 41.0. The van der Waals surface area contributed by atoms with Crippen molar-refractivity contribution in [2.75, 3.05) is 65.4 Å². The van der Waals surface area contributed by atoms with Crippen LogP contribution in [0.15, 0.2) is 46.7 Å². The number of aliphatic hydroxyl groups is 1. The summed E-state index contributed by atoms with van der Waals surface area (Å²) in [5.41, 5.74) is 6.51. The van der Waals surface area contributed by atoms with Gasteiger partial charge in [-0.05, 0) is 88.8 Å². The van der Waals surface area contributed by atoms with Crippen LogP contribution in [0.25, 0.3) is 33.5 Å². The zero-order chi connectivity index (χ0) is 62.1. The molecule has 28 nitrogen and oxygen atoms in total. The summed E-state index contributed by atoms with van der Waals surface area (Å²) < 4.78 is 54.6. The lowest BCUT2D eigenvalue weighted by Crippen LogP contribution is -2.56. The summed E-state index contributed by atoms with van der Waals surface area (Å²) in [5, 5.41) is 33.9. The minimum Gasteiger partial charge on any atom is -0.458 e. The van der Waals surface area contributed by atoms with Crippen molar-refractivity contribution in [3.63, 3.8) is 0 Å². The first-order valence-electron chi connectivity index (χ1n) is 28.1. The quantitative estimate of drug-likeness (QED) is 0.0187. The summed E-state index contributed by atoms with van der Waals surface area (Å²) >= 11 is 1.59. The van der Waals surface area contributed by atoms with Gasteiger partial charge in [-0.25, -0.2) is 32.8 Å². The van der Waals surface area contributed by atoms with Crippen molar-refractivity contribution in [3.05, 3.63) is 69.4 Å². The molecule has 3 aliphatic rings. The lowest BCUT2D eigenvalue weighted by atomic mass is 9.86. The van der Waals surface area contributed by atoms with Gasteiger partial charge in [-0.3, -0.25) is 28.8 Å². The summed E-state index contributed by atoms with van der Waals surface area (Å²) in [6, 6.07) is 2.80. The minimum atomic E-state index is -3.54. The van der Waals surface area contributed by atoms with Gasteiger partial charge in [0.25, 0.3) is 5.56 Å². The molecule has 5 aromatic rings. The molecule has 1 unspecified atom stereocenters. The highest BCUT2D eigenvalue weighted by molar-refractivity contribution is 7.99. The van der Waals surface area contributed by atoms with Crippen LogP contribution in [0, 0.1) is 5.92 Å². The normalized spacial score (nSPS) is 16.1. The Bertz CT molecular complexity index is 3540. The number of hydrogen-bond acceptors (Lipinski definition) is 22. The van der Waals surface area contributed by atoms with Crippen molar-refractivity contribution in [2.45, 2.75) is 126 Å². The van der Waals surface area contributed by atoms with E-state index in [0.717, 1.165) is 6.26 Å². The number of sulfone groups is 1. The lowest BCUT2D eigenvalue weighted by molar-refractivity contribution is -0.172. The molecule has 0 bridgehead atoms. The fourth-order valence-electron chi connectivity index (χ4n) is 9.98. The standard InChI is InChI=1S/C56H73N13O15S2/c1-8-56(77)38-18-42-49-36(24-68(42)52(75)37(38)27-82-53(56)76)35(34-17-43-44(84-30-83-43)19-40(34)63-49)22-59-45(70)23-60-50(73)39(11-9-10-14-57)64-51(74)48(31(2)3)65-47(72)29-81-28-46(71)58-15-12-33(85-6)26-80-16-13-55(4,5)69-25-41(66-67-69)32-20-61-54(62-21-32)86(7,78)79/h17-21,25,31,33,39,48,77H,8-16,22-24,26-30,57H2,1-7H3,(H,58,71)(H,59,70)(H,60,73)(H,64,74)(H,65,72)/t33?,39-,48-,56-/m0/s1. The number of rotatable bonds is 30. The predicted octanol–water partition coefficient (Wildman–Crippen LogP) is 0.844. The monoisotopic (exact) mass is 1230 g/mol. The van der Waals surface area contributed by atoms with E-state index in [1.54, 1.807) is 61.6 Å². The summed E-state index contributed by atoms with van der Waals surface area (Å²) in [6.45, 7) is 8.69. The Hall–Kier alpha value is -7.64. The molecule has 464 valence electrons. The van der Waals surface area contributed by atoms with E-state index in [2.05, 4.69) is 46.9 Å². The number of fused-ring (bicyclic) bond motifs is 6. The van der Waals surface area contributed by atoms with Crippen LogP contribution < -0.4 is 47.4 Å². The highest BCUT2D eigenvalue weighted by Gasteiger charge is 2.46. The number of nitrogens with two attached hydrogens (primary N) is 1. The highest BCUT2D eigenvalue weighted by atomic mass is 32.2. The molecule has 30 heteroatoms. The van der Waals surface area contributed by atoms with E-state index in [9.17, 15) is 47.1 Å². The molecule has 0 saturated heterocycles. The molecule has 0 fully saturated rings. The van der Waals surface area contributed by atoms with Crippen LogP contribution in [-0.2, 0) is 83.7 Å². The van der Waals surface area contributed by atoms with Gasteiger partial charge in [0.2, 0.25) is 51.3 Å². The Labute approximate surface area is 500 Å². The third-order valence-electron chi connectivity index (χ3n) is 15.2. The fraction of sp³-hybridized carbons (Fsp3) is 0.536. The van der Waals surface area contributed by atoms with Gasteiger partial charge < -0.3 is 65.7 Å². The van der Waals surface area contributed by atoms with Crippen molar-refractivity contribution in [1.82, 2.24) is 61.1 Å². The first-order valence-corrected chi connectivity index (χ1v) is 31.3. The molecule has 8 N–H and O–H groups in total. The van der Waals surface area contributed by atoms with Gasteiger partial charge in [-0.15, -0.1) is 5.10 Å². The Balaban J connectivity index is 0.784. The number of esters is 1. The number of benzene rings is 1. The number of hydrogen-bond donors (Lipinski definition) is 7. The molecule has 86 heavy (non-hydrogen) atoms. The second-order valence-corrected chi connectivity index (χ2v) is 25.1. The van der Waals surface area contributed by atoms with Crippen molar-refractivity contribution in [1.29, 1.82) is 0 Å². The van der Waals surface area contributed by atoms with Gasteiger partial charge in [0.1, 0.15) is 37.6 Å². The highest BCUT2D eigenvalue weighted by Crippen LogP contribution is 2.43. The van der Waals surface area contributed by atoms with Crippen molar-refractivity contribution < 1.29 is 66.0 Å². The number of aromatic nitrogens is 7. The third kappa shape index (κ3) is 14.9. The SMILES string of the molecule is CC[C@@]1(O)C(=O)OCc2c1cc1n(c2=O)Cc2c-1nc1cc3c(cc1c2CNC(=O)CNC(=O)[C@H](CCCCN)NC(=O)[C@@H](NC(=O)COCC(=O)NCCC(COCCC(C)(C)n1cc(-c2cnc(S(C)(=O)=O)nc2)nn1)SC)C(C)C)OCO3. The molecule has 0 spiro atoms. The number of pyridine rings is 2. The van der Waals surface area contributed by atoms with E-state index < -0.39 is 99.8 Å². The maximum absolute atomic E-state index is 14.0. The number of carbonyl (C=O) groups excluding carboxylic acids is 6. The number of cyclic esters (lactones) is 1. The molecule has 4 aromatic heterocycles. The summed E-state index contributed by atoms with van der Waals surface area (Å²) in [7, 11) is -3.54. The predicted molar refractivity (Wildman–Crippen MR) is 312 cm³/mol. The van der Waals surface area contributed by atoms with Gasteiger partial charge in [0.15, 0.2) is 17.1 Å². The molecule has 8 rings (SSSR count). The van der Waals surface area contributed by atoms with Crippen LogP contribution in [0.3, 0.4) is 0 Å². The van der Waals surface area contributed by atoms with Gasteiger partial charge in [0, 0.05) is 71.7 Å². The average molecular weight is 1230 g/mol. The van der Waals surface area contributed by atoms with E-state index in [1.807, 2.05) is 20.1 Å². The van der Waals surface area contributed by atoms with E-state index in [0.29, 0.717) is 108 Å². The van der Waals surface area contributed by atoms with Crippen LogP contribution in [0.1, 0.15) is 95.4 Å². The molecule has 0 saturated carbocycles. The van der Waals surface area contributed by atoms with Gasteiger partial charge in [0.05, 0.1) is 53.9 Å². The van der Waals surface area contributed by atoms with E-state index in [4.69, 9.17) is 34.4 Å². The van der Waals surface area contributed by atoms with E-state index >= 15 is 0 Å². The number of carbonyl (C=O) groups is 6. The molecule has 1 aromatic carbocycles. The van der Waals surface area contributed by atoms with Crippen LogP contribution in [-0.4, -0.2) is 166 Å². The summed E-state index contributed by atoms with van der Waals surface area (Å²) in [6.07, 6.45) is 9.80. The molecular weight excluding hydrogens is 1160 g/mol. The Morgan fingerprint density at radius 2 is 1.65 bits per heavy atom. The maximum Gasteiger partial charge on any atom is 0.343 e. The van der Waals surface area contributed by atoms with Crippen molar-refractivity contribution in [2.24, 2.45) is 11.7 Å². The summed E-state index contributed by atoms with van der Waals surface area (Å²) in [5.74, 6) is -3.42. The average Bonchev–Trinajstić information content (AvgIpc) is 1.61.